The van der Waals surface area contributed by atoms with Crippen molar-refractivity contribution < 1.29 is 28.9 Å². The van der Waals surface area contributed by atoms with E-state index in [2.05, 4.69) is 0 Å². The molecule has 0 spiro atoms. The lowest BCUT2D eigenvalue weighted by Crippen LogP contribution is -2.41. The lowest BCUT2D eigenvalue weighted by Gasteiger charge is -2.26. The third kappa shape index (κ3) is 4.92. The molecule has 0 radical (unpaired) electrons. The molecule has 39 heavy (non-hydrogen) atoms. The molecule has 1 aromatic heterocycles. The number of esters is 2. The van der Waals surface area contributed by atoms with Gasteiger partial charge >= 0.3 is 11.9 Å². The van der Waals surface area contributed by atoms with Gasteiger partial charge in [-0.1, -0.05) is 12.1 Å². The van der Waals surface area contributed by atoms with Crippen LogP contribution < -0.4 is 20.5 Å². The van der Waals surface area contributed by atoms with E-state index in [-0.39, 0.29) is 44.1 Å². The quantitative estimate of drug-likeness (QED) is 0.255. The van der Waals surface area contributed by atoms with Crippen LogP contribution in [0.3, 0.4) is 0 Å². The minimum atomic E-state index is -1.16. The van der Waals surface area contributed by atoms with Crippen LogP contribution in [0, 0.1) is 20.2 Å². The van der Waals surface area contributed by atoms with E-state index in [0.717, 1.165) is 23.0 Å². The number of nitrogens with two attached hydrogens (primary N) is 1. The molecule has 200 valence electrons. The van der Waals surface area contributed by atoms with E-state index in [0.29, 0.717) is 11.1 Å². The largest absolute Gasteiger partial charge is 0.466 e. The van der Waals surface area contributed by atoms with E-state index in [4.69, 9.17) is 15.2 Å². The van der Waals surface area contributed by atoms with Crippen molar-refractivity contribution in [1.82, 2.24) is 4.57 Å². The van der Waals surface area contributed by atoms with Crippen LogP contribution in [0.4, 0.5) is 11.4 Å². The maximum atomic E-state index is 13.5. The number of thiazole rings is 1. The number of rotatable bonds is 7. The second-order valence-corrected chi connectivity index (χ2v) is 9.14. The molecule has 0 saturated heterocycles. The fourth-order valence-corrected chi connectivity index (χ4v) is 5.29. The molecule has 0 unspecified atom stereocenters. The zero-order valence-corrected chi connectivity index (χ0v) is 21.3. The summed E-state index contributed by atoms with van der Waals surface area (Å²) < 4.78 is 11.4. The van der Waals surface area contributed by atoms with E-state index in [1.165, 1.54) is 54.6 Å². The standard InChI is InChI=1S/C25H20N4O9S/c1-3-38-25(32)19-18(14-6-10-16(11-7-14)29(35)36)20(24(31)37-2)23-27(21(19)26)22(30)17(39-23)12-13-4-8-15(9-5-13)28(33)34/h4-12,18H,3,26H2,1-2H3/b17-12-/t18-/m0/s1. The molecular weight excluding hydrogens is 532 g/mol. The van der Waals surface area contributed by atoms with Gasteiger partial charge in [-0.25, -0.2) is 9.59 Å². The number of nitro groups is 2. The highest BCUT2D eigenvalue weighted by Crippen LogP contribution is 2.38. The number of aromatic nitrogens is 1. The number of non-ortho nitro benzene ring substituents is 2. The molecular formula is C25H20N4O9S. The summed E-state index contributed by atoms with van der Waals surface area (Å²) in [6, 6.07) is 10.7. The summed E-state index contributed by atoms with van der Waals surface area (Å²) in [5.74, 6) is -3.18. The van der Waals surface area contributed by atoms with Crippen molar-refractivity contribution in [2.24, 2.45) is 5.73 Å². The number of hydrogen-bond donors (Lipinski definition) is 1. The summed E-state index contributed by atoms with van der Waals surface area (Å²) in [6.07, 6.45) is 1.47. The van der Waals surface area contributed by atoms with Crippen molar-refractivity contribution in [2.75, 3.05) is 13.7 Å². The van der Waals surface area contributed by atoms with Crippen LogP contribution in [-0.4, -0.2) is 40.1 Å². The predicted molar refractivity (Wildman–Crippen MR) is 140 cm³/mol. The van der Waals surface area contributed by atoms with Gasteiger partial charge in [-0.2, -0.15) is 0 Å². The molecule has 0 amide bonds. The summed E-state index contributed by atoms with van der Waals surface area (Å²) in [4.78, 5) is 60.7. The Hall–Kier alpha value is -5.11. The highest BCUT2D eigenvalue weighted by molar-refractivity contribution is 7.07. The first-order valence-corrected chi connectivity index (χ1v) is 12.1. The predicted octanol–water partition coefficient (Wildman–Crippen LogP) is 1.37. The zero-order valence-electron chi connectivity index (χ0n) is 20.5. The fraction of sp³-hybridized carbons (Fsp3) is 0.160. The van der Waals surface area contributed by atoms with Crippen LogP contribution in [0.15, 0.2) is 58.9 Å². The smallest absolute Gasteiger partial charge is 0.338 e. The second kappa shape index (κ2) is 10.7. The van der Waals surface area contributed by atoms with Crippen LogP contribution in [0.1, 0.15) is 24.0 Å². The molecule has 13 nitrogen and oxygen atoms in total. The normalized spacial score (nSPS) is 15.1. The highest BCUT2D eigenvalue weighted by Gasteiger charge is 2.40. The third-order valence-corrected chi connectivity index (χ3v) is 7.00. The number of fused-ring (bicyclic) bond motifs is 1. The van der Waals surface area contributed by atoms with Crippen LogP contribution in [-0.2, 0) is 19.1 Å². The number of ether oxygens (including phenoxy) is 2. The summed E-state index contributed by atoms with van der Waals surface area (Å²) in [5.41, 5.74) is 5.87. The molecule has 1 aliphatic heterocycles. The topological polar surface area (TPSA) is 187 Å². The zero-order chi connectivity index (χ0) is 28.4. The van der Waals surface area contributed by atoms with Crippen molar-refractivity contribution in [1.29, 1.82) is 0 Å². The molecule has 2 N–H and O–H groups in total. The maximum Gasteiger partial charge on any atom is 0.338 e. The molecule has 2 heterocycles. The average Bonchev–Trinajstić information content (AvgIpc) is 3.24. The van der Waals surface area contributed by atoms with Crippen LogP contribution >= 0.6 is 11.3 Å². The second-order valence-electron chi connectivity index (χ2n) is 8.11. The Labute approximate surface area is 223 Å². The van der Waals surface area contributed by atoms with Crippen molar-refractivity contribution in [3.8, 4) is 0 Å². The van der Waals surface area contributed by atoms with E-state index in [1.54, 1.807) is 6.92 Å². The molecule has 2 aromatic carbocycles. The Morgan fingerprint density at radius 1 is 1.00 bits per heavy atom. The fourth-order valence-electron chi connectivity index (χ4n) is 4.13. The van der Waals surface area contributed by atoms with Crippen molar-refractivity contribution in [3.63, 3.8) is 0 Å². The number of benzene rings is 2. The number of carbonyl (C=O) groups excluding carboxylic acids is 2. The van der Waals surface area contributed by atoms with Crippen LogP contribution in [0.5, 0.6) is 0 Å². The number of hydrogen-bond acceptors (Lipinski definition) is 11. The Morgan fingerprint density at radius 2 is 1.56 bits per heavy atom. The van der Waals surface area contributed by atoms with Crippen molar-refractivity contribution >= 4 is 52.1 Å². The molecule has 0 aliphatic carbocycles. The first kappa shape index (κ1) is 26.9. The minimum absolute atomic E-state index is 0.0271. The molecule has 1 atom stereocenters. The van der Waals surface area contributed by atoms with E-state index >= 15 is 0 Å². The maximum absolute atomic E-state index is 13.5. The molecule has 1 aliphatic rings. The van der Waals surface area contributed by atoms with Gasteiger partial charge in [0.2, 0.25) is 0 Å². The van der Waals surface area contributed by atoms with Crippen LogP contribution in [0.2, 0.25) is 0 Å². The first-order valence-electron chi connectivity index (χ1n) is 11.3. The average molecular weight is 553 g/mol. The Bertz CT molecular complexity index is 1720. The summed E-state index contributed by atoms with van der Waals surface area (Å²) in [7, 11) is 1.13. The summed E-state index contributed by atoms with van der Waals surface area (Å²) in [6.45, 7) is 1.55. The van der Waals surface area contributed by atoms with Gasteiger partial charge < -0.3 is 15.2 Å². The number of nitrogens with zero attached hydrogens (tertiary/aromatic N) is 3. The molecule has 0 bridgehead atoms. The van der Waals surface area contributed by atoms with Gasteiger partial charge in [-0.15, -0.1) is 11.3 Å². The minimum Gasteiger partial charge on any atom is -0.466 e. The lowest BCUT2D eigenvalue weighted by atomic mass is 9.83. The van der Waals surface area contributed by atoms with Gasteiger partial charge in [0.05, 0.1) is 45.2 Å². The van der Waals surface area contributed by atoms with Crippen molar-refractivity contribution in [3.05, 3.63) is 105 Å². The number of carbonyl (C=O) groups is 2. The first-order chi connectivity index (χ1) is 18.6. The Balaban J connectivity index is 2.05. The van der Waals surface area contributed by atoms with Gasteiger partial charge in [0, 0.05) is 24.3 Å². The third-order valence-electron chi connectivity index (χ3n) is 5.89. The van der Waals surface area contributed by atoms with Gasteiger partial charge in [0.25, 0.3) is 16.9 Å². The Morgan fingerprint density at radius 3 is 2.08 bits per heavy atom. The van der Waals surface area contributed by atoms with Gasteiger partial charge in [-0.05, 0) is 36.3 Å². The molecule has 4 rings (SSSR count). The number of methoxy groups -OCH3 is 1. The van der Waals surface area contributed by atoms with Crippen molar-refractivity contribution in [2.45, 2.75) is 12.8 Å². The molecule has 14 heteroatoms. The molecule has 0 fully saturated rings. The SMILES string of the molecule is CCOC(=O)C1=C(N)n2c(s/c(=C\c3ccc([N+](=O)[O-])cc3)c2=O)=C(C(=O)OC)[C@H]1c1ccc([N+](=O)[O-])cc1. The van der Waals surface area contributed by atoms with E-state index < -0.39 is 33.3 Å². The molecule has 0 saturated carbocycles. The van der Waals surface area contributed by atoms with Crippen LogP contribution in [0.25, 0.3) is 17.5 Å². The summed E-state index contributed by atoms with van der Waals surface area (Å²) >= 11 is 0.905. The van der Waals surface area contributed by atoms with Gasteiger partial charge in [0.1, 0.15) is 10.5 Å². The Kier molecular flexibility index (Phi) is 7.40. The van der Waals surface area contributed by atoms with Gasteiger partial charge in [0.15, 0.2) is 0 Å². The van der Waals surface area contributed by atoms with E-state index in [9.17, 15) is 34.6 Å². The number of nitro benzene ring substituents is 2. The lowest BCUT2D eigenvalue weighted by molar-refractivity contribution is -0.385. The van der Waals surface area contributed by atoms with Gasteiger partial charge in [-0.3, -0.25) is 29.6 Å². The van der Waals surface area contributed by atoms with E-state index in [1.807, 2.05) is 0 Å². The summed E-state index contributed by atoms with van der Waals surface area (Å²) in [5, 5.41) is 22.1. The molecule has 3 aromatic rings. The monoisotopic (exact) mass is 552 g/mol. The highest BCUT2D eigenvalue weighted by atomic mass is 32.1.